The molecule has 0 unspecified atom stereocenters. The summed E-state index contributed by atoms with van der Waals surface area (Å²) in [5.41, 5.74) is 0.0402. The number of thioether (sulfide) groups is 1. The van der Waals surface area contributed by atoms with Crippen molar-refractivity contribution in [2.45, 2.75) is 72.4 Å². The van der Waals surface area contributed by atoms with Crippen molar-refractivity contribution in [3.05, 3.63) is 10.7 Å². The molecule has 0 aromatic carbocycles. The van der Waals surface area contributed by atoms with Crippen LogP contribution in [-0.2, 0) is 18.8 Å². The minimum atomic E-state index is -0.885. The number of carbonyl (C=O) groups excluding carboxylic acids is 2. The second kappa shape index (κ2) is 10.4. The predicted molar refractivity (Wildman–Crippen MR) is 106 cm³/mol. The minimum absolute atomic E-state index is 0.0402. The lowest BCUT2D eigenvalue weighted by atomic mass is 9.79. The first-order valence-electron chi connectivity index (χ1n) is 9.11. The van der Waals surface area contributed by atoms with E-state index in [-0.39, 0.29) is 23.1 Å². The Morgan fingerprint density at radius 3 is 2.40 bits per heavy atom. The third-order valence-electron chi connectivity index (χ3n) is 4.29. The minimum Gasteiger partial charge on any atom is -0.544 e. The molecule has 0 bridgehead atoms. The van der Waals surface area contributed by atoms with Gasteiger partial charge in [-0.3, -0.25) is 9.59 Å². The highest BCUT2D eigenvalue weighted by Crippen LogP contribution is 2.45. The van der Waals surface area contributed by atoms with Gasteiger partial charge in [-0.15, -0.1) is 11.8 Å². The lowest BCUT2D eigenvalue weighted by Crippen LogP contribution is -2.24. The van der Waals surface area contributed by atoms with Gasteiger partial charge in [0.15, 0.2) is 5.78 Å². The molecule has 0 N–H and O–H groups in total. The molecule has 1 radical (unpaired) electrons. The van der Waals surface area contributed by atoms with Gasteiger partial charge in [-0.25, -0.2) is 0 Å². The summed E-state index contributed by atoms with van der Waals surface area (Å²) >= 11 is 1.66. The standard InChI is InChI=1S/C19H33O4SSi/c1-19(2,3)14-13-15(20)18(17(14)23-25(5)6)24-12-10-8-7-9-11-16(21)22-4/h14H,7-13H2,1-6H3/t14-/m0/s1. The molecular weight excluding hydrogens is 352 g/mol. The number of carbonyl (C=O) groups is 2. The van der Waals surface area contributed by atoms with Crippen LogP contribution in [0, 0.1) is 11.3 Å². The largest absolute Gasteiger partial charge is 0.544 e. The highest BCUT2D eigenvalue weighted by molar-refractivity contribution is 8.04. The maximum absolute atomic E-state index is 12.5. The van der Waals surface area contributed by atoms with E-state index in [0.717, 1.165) is 42.1 Å². The number of allylic oxidation sites excluding steroid dienone is 2. The number of rotatable bonds is 10. The number of hydrogen-bond donors (Lipinski definition) is 0. The Hall–Kier alpha value is -0.753. The van der Waals surface area contributed by atoms with Crippen LogP contribution in [0.15, 0.2) is 10.7 Å². The zero-order chi connectivity index (χ0) is 19.0. The van der Waals surface area contributed by atoms with Gasteiger partial charge < -0.3 is 9.16 Å². The molecule has 1 rings (SSSR count). The van der Waals surface area contributed by atoms with Crippen molar-refractivity contribution in [3.8, 4) is 0 Å². The van der Waals surface area contributed by atoms with Crippen molar-refractivity contribution in [1.82, 2.24) is 0 Å². The maximum atomic E-state index is 12.5. The topological polar surface area (TPSA) is 52.6 Å². The number of methoxy groups -OCH3 is 1. The van der Waals surface area contributed by atoms with Gasteiger partial charge in [0.1, 0.15) is 5.76 Å². The molecular formula is C19H33O4SSi. The molecule has 143 valence electrons. The Balaban J connectivity index is 2.52. The highest BCUT2D eigenvalue weighted by Gasteiger charge is 2.40. The van der Waals surface area contributed by atoms with Gasteiger partial charge >= 0.3 is 5.97 Å². The quantitative estimate of drug-likeness (QED) is 0.302. The molecule has 0 spiro atoms. The van der Waals surface area contributed by atoms with Crippen molar-refractivity contribution >= 4 is 32.6 Å². The van der Waals surface area contributed by atoms with Crippen LogP contribution in [0.25, 0.3) is 0 Å². The third-order valence-corrected chi connectivity index (χ3v) is 6.13. The molecule has 0 saturated carbocycles. The number of unbranched alkanes of at least 4 members (excludes halogenated alkanes) is 3. The van der Waals surface area contributed by atoms with E-state index in [0.29, 0.717) is 12.8 Å². The molecule has 0 aromatic heterocycles. The second-order valence-corrected chi connectivity index (χ2v) is 11.0. The average molecular weight is 386 g/mol. The van der Waals surface area contributed by atoms with E-state index in [1.807, 2.05) is 0 Å². The summed E-state index contributed by atoms with van der Waals surface area (Å²) in [5.74, 6) is 2.18. The third kappa shape index (κ3) is 7.56. The molecule has 1 aliphatic rings. The van der Waals surface area contributed by atoms with Crippen LogP contribution >= 0.6 is 11.8 Å². The normalized spacial score (nSPS) is 18.2. The van der Waals surface area contributed by atoms with Gasteiger partial charge in [0, 0.05) is 18.8 Å². The molecule has 1 atom stereocenters. The van der Waals surface area contributed by atoms with Gasteiger partial charge in [-0.2, -0.15) is 0 Å². The van der Waals surface area contributed by atoms with E-state index < -0.39 is 9.04 Å². The van der Waals surface area contributed by atoms with Gasteiger partial charge in [-0.1, -0.05) is 33.6 Å². The molecule has 0 saturated heterocycles. The van der Waals surface area contributed by atoms with Crippen LogP contribution < -0.4 is 0 Å². The zero-order valence-corrected chi connectivity index (χ0v) is 18.4. The van der Waals surface area contributed by atoms with Crippen LogP contribution in [0.1, 0.15) is 59.3 Å². The maximum Gasteiger partial charge on any atom is 0.305 e. The molecule has 0 heterocycles. The molecule has 4 nitrogen and oxygen atoms in total. The lowest BCUT2D eigenvalue weighted by molar-refractivity contribution is -0.140. The van der Waals surface area contributed by atoms with Gasteiger partial charge in [0.2, 0.25) is 0 Å². The van der Waals surface area contributed by atoms with Crippen molar-refractivity contribution in [3.63, 3.8) is 0 Å². The molecule has 6 heteroatoms. The number of hydrogen-bond acceptors (Lipinski definition) is 5. The van der Waals surface area contributed by atoms with E-state index in [2.05, 4.69) is 38.6 Å². The lowest BCUT2D eigenvalue weighted by Gasteiger charge is -2.29. The second-order valence-electron chi connectivity index (χ2n) is 7.84. The summed E-state index contributed by atoms with van der Waals surface area (Å²) < 4.78 is 10.8. The Labute approximate surface area is 158 Å². The smallest absolute Gasteiger partial charge is 0.305 e. The molecule has 0 aliphatic heterocycles. The zero-order valence-electron chi connectivity index (χ0n) is 16.6. The Kier molecular flexibility index (Phi) is 9.28. The van der Waals surface area contributed by atoms with Gasteiger partial charge in [-0.05, 0) is 37.1 Å². The molecule has 0 aromatic rings. The van der Waals surface area contributed by atoms with Crippen LogP contribution in [0.3, 0.4) is 0 Å². The molecule has 0 fully saturated rings. The van der Waals surface area contributed by atoms with Crippen LogP contribution in [0.2, 0.25) is 13.1 Å². The molecule has 25 heavy (non-hydrogen) atoms. The van der Waals surface area contributed by atoms with E-state index in [1.54, 1.807) is 11.8 Å². The summed E-state index contributed by atoms with van der Waals surface area (Å²) in [6.07, 6.45) is 5.09. The monoisotopic (exact) mass is 385 g/mol. The van der Waals surface area contributed by atoms with E-state index in [1.165, 1.54) is 7.11 Å². The average Bonchev–Trinajstić information content (AvgIpc) is 2.82. The van der Waals surface area contributed by atoms with Gasteiger partial charge in [0.25, 0.3) is 9.04 Å². The summed E-state index contributed by atoms with van der Waals surface area (Å²) in [4.78, 5) is 24.4. The van der Waals surface area contributed by atoms with Crippen molar-refractivity contribution < 1.29 is 18.8 Å². The molecule has 1 aliphatic carbocycles. The molecule has 0 amide bonds. The van der Waals surface area contributed by atoms with Crippen LogP contribution in [0.4, 0.5) is 0 Å². The highest BCUT2D eigenvalue weighted by atomic mass is 32.2. The Morgan fingerprint density at radius 1 is 1.20 bits per heavy atom. The predicted octanol–water partition coefficient (Wildman–Crippen LogP) is 4.96. The van der Waals surface area contributed by atoms with Gasteiger partial charge in [0.05, 0.1) is 12.0 Å². The van der Waals surface area contributed by atoms with Crippen molar-refractivity contribution in [1.29, 1.82) is 0 Å². The number of Topliss-reactive ketones (excluding diaryl/α,β-unsaturated/α-hetero) is 1. The van der Waals surface area contributed by atoms with Crippen molar-refractivity contribution in [2.24, 2.45) is 11.3 Å². The van der Waals surface area contributed by atoms with E-state index in [9.17, 15) is 9.59 Å². The number of ketones is 1. The van der Waals surface area contributed by atoms with E-state index in [4.69, 9.17) is 4.43 Å². The SMILES string of the molecule is COC(=O)CCCCCCSC1=C(O[Si](C)C)[C@@H](C(C)(C)C)CC1=O. The van der Waals surface area contributed by atoms with Crippen LogP contribution in [0.5, 0.6) is 0 Å². The summed E-state index contributed by atoms with van der Waals surface area (Å²) in [5, 5.41) is 0. The Morgan fingerprint density at radius 2 is 1.84 bits per heavy atom. The first-order valence-corrected chi connectivity index (χ1v) is 12.5. The number of esters is 1. The summed E-state index contributed by atoms with van der Waals surface area (Å²) in [6, 6.07) is 0. The fourth-order valence-corrected chi connectivity index (χ4v) is 4.74. The first-order chi connectivity index (χ1) is 11.7. The summed E-state index contributed by atoms with van der Waals surface area (Å²) in [6.45, 7) is 10.8. The van der Waals surface area contributed by atoms with Crippen LogP contribution in [-0.4, -0.2) is 33.7 Å². The fourth-order valence-electron chi connectivity index (χ4n) is 2.86. The summed E-state index contributed by atoms with van der Waals surface area (Å²) in [7, 11) is 0.541. The number of ether oxygens (including phenoxy) is 1. The van der Waals surface area contributed by atoms with Crippen molar-refractivity contribution in [2.75, 3.05) is 12.9 Å². The first kappa shape index (κ1) is 22.3. The van der Waals surface area contributed by atoms with E-state index >= 15 is 0 Å². The Bertz CT molecular complexity index is 494. The fraction of sp³-hybridized carbons (Fsp3) is 0.789.